The number of anilines is 1. The first kappa shape index (κ1) is 21.8. The van der Waals surface area contributed by atoms with Crippen LogP contribution in [-0.2, 0) is 14.8 Å². The molecule has 1 unspecified atom stereocenters. The summed E-state index contributed by atoms with van der Waals surface area (Å²) < 4.78 is 40.7. The Hall–Kier alpha value is -2.45. The molecule has 2 aromatic carbocycles. The van der Waals surface area contributed by atoms with Gasteiger partial charge in [-0.1, -0.05) is 17.7 Å². The van der Waals surface area contributed by atoms with Crippen molar-refractivity contribution in [2.45, 2.75) is 24.7 Å². The van der Waals surface area contributed by atoms with Crippen LogP contribution in [-0.4, -0.2) is 62.8 Å². The second kappa shape index (κ2) is 8.96. The number of sulfonamides is 1. The lowest BCUT2D eigenvalue weighted by atomic mass is 9.97. The smallest absolute Gasteiger partial charge is 0.243 e. The van der Waals surface area contributed by atoms with Crippen LogP contribution in [0.1, 0.15) is 18.4 Å². The van der Waals surface area contributed by atoms with Gasteiger partial charge in [-0.3, -0.25) is 4.79 Å². The number of aryl methyl sites for hydroxylation is 1. The summed E-state index contributed by atoms with van der Waals surface area (Å²) in [5.41, 5.74) is 1.95. The Morgan fingerprint density at radius 3 is 2.23 bits per heavy atom. The summed E-state index contributed by atoms with van der Waals surface area (Å²) >= 11 is 0. The van der Waals surface area contributed by atoms with Crippen molar-refractivity contribution in [3.05, 3.63) is 59.9 Å². The standard InChI is InChI=1S/C23H28FN3O3S/c1-18-4-10-22(11-5-18)31(29,30)27-12-2-3-19(17-27)23(28)26-15-13-25(14-16-26)21-8-6-20(24)7-9-21/h4-11,19H,2-3,12-17H2,1H3. The molecule has 2 aliphatic rings. The molecule has 1 atom stereocenters. The first-order chi connectivity index (χ1) is 14.8. The van der Waals surface area contributed by atoms with E-state index in [1.807, 2.05) is 11.8 Å². The summed E-state index contributed by atoms with van der Waals surface area (Å²) in [6.45, 7) is 5.10. The lowest BCUT2D eigenvalue weighted by molar-refractivity contribution is -0.137. The molecule has 2 fully saturated rings. The third kappa shape index (κ3) is 4.75. The van der Waals surface area contributed by atoms with E-state index in [1.54, 1.807) is 36.4 Å². The summed E-state index contributed by atoms with van der Waals surface area (Å²) in [5, 5.41) is 0. The minimum Gasteiger partial charge on any atom is -0.368 e. The van der Waals surface area contributed by atoms with Crippen LogP contribution in [0.4, 0.5) is 10.1 Å². The zero-order valence-electron chi connectivity index (χ0n) is 17.7. The summed E-state index contributed by atoms with van der Waals surface area (Å²) in [4.78, 5) is 17.4. The van der Waals surface area contributed by atoms with Crippen LogP contribution in [0.5, 0.6) is 0 Å². The van der Waals surface area contributed by atoms with Gasteiger partial charge in [-0.2, -0.15) is 4.31 Å². The lowest BCUT2D eigenvalue weighted by Gasteiger charge is -2.39. The number of piperidine rings is 1. The third-order valence-electron chi connectivity index (χ3n) is 6.18. The fourth-order valence-corrected chi connectivity index (χ4v) is 5.84. The molecule has 4 rings (SSSR count). The number of amides is 1. The minimum atomic E-state index is -3.60. The summed E-state index contributed by atoms with van der Waals surface area (Å²) in [7, 11) is -3.60. The number of nitrogens with zero attached hydrogens (tertiary/aromatic N) is 3. The van der Waals surface area contributed by atoms with Gasteiger partial charge in [-0.05, 0) is 56.2 Å². The molecular formula is C23H28FN3O3S. The topological polar surface area (TPSA) is 60.9 Å². The molecule has 0 N–H and O–H groups in total. The molecule has 0 aromatic heterocycles. The average Bonchev–Trinajstić information content (AvgIpc) is 2.80. The quantitative estimate of drug-likeness (QED) is 0.726. The maximum Gasteiger partial charge on any atom is 0.243 e. The van der Waals surface area contributed by atoms with E-state index in [1.165, 1.54) is 16.4 Å². The first-order valence-electron chi connectivity index (χ1n) is 10.7. The van der Waals surface area contributed by atoms with Gasteiger partial charge in [0, 0.05) is 45.0 Å². The average molecular weight is 446 g/mol. The number of rotatable bonds is 4. The van der Waals surface area contributed by atoms with Crippen molar-refractivity contribution in [1.82, 2.24) is 9.21 Å². The number of benzene rings is 2. The Morgan fingerprint density at radius 1 is 0.935 bits per heavy atom. The Labute approximate surface area is 183 Å². The molecule has 1 amide bonds. The van der Waals surface area contributed by atoms with Crippen LogP contribution < -0.4 is 4.90 Å². The molecule has 0 aliphatic carbocycles. The Kier molecular flexibility index (Phi) is 6.29. The minimum absolute atomic E-state index is 0.0302. The van der Waals surface area contributed by atoms with Gasteiger partial charge in [-0.15, -0.1) is 0 Å². The molecular weight excluding hydrogens is 417 g/mol. The largest absolute Gasteiger partial charge is 0.368 e. The van der Waals surface area contributed by atoms with Gasteiger partial charge < -0.3 is 9.80 Å². The van der Waals surface area contributed by atoms with Gasteiger partial charge in [0.15, 0.2) is 0 Å². The Balaban J connectivity index is 1.38. The van der Waals surface area contributed by atoms with Crippen molar-refractivity contribution < 1.29 is 17.6 Å². The van der Waals surface area contributed by atoms with E-state index in [0.717, 1.165) is 11.3 Å². The lowest BCUT2D eigenvalue weighted by Crippen LogP contribution is -2.53. The zero-order valence-corrected chi connectivity index (χ0v) is 18.5. The van der Waals surface area contributed by atoms with Crippen LogP contribution in [0, 0.1) is 18.7 Å². The van der Waals surface area contributed by atoms with Crippen molar-refractivity contribution in [2.24, 2.45) is 5.92 Å². The van der Waals surface area contributed by atoms with Crippen molar-refractivity contribution >= 4 is 21.6 Å². The molecule has 166 valence electrons. The second-order valence-corrected chi connectivity index (χ2v) is 10.2. The summed E-state index contributed by atoms with van der Waals surface area (Å²) in [6.07, 6.45) is 1.38. The van der Waals surface area contributed by atoms with Crippen LogP contribution in [0.25, 0.3) is 0 Å². The van der Waals surface area contributed by atoms with Crippen molar-refractivity contribution in [3.63, 3.8) is 0 Å². The molecule has 2 aliphatic heterocycles. The molecule has 2 heterocycles. The number of halogens is 1. The molecule has 2 saturated heterocycles. The summed E-state index contributed by atoms with van der Waals surface area (Å²) in [5.74, 6) is -0.547. The molecule has 0 spiro atoms. The number of carbonyl (C=O) groups excluding carboxylic acids is 1. The highest BCUT2D eigenvalue weighted by molar-refractivity contribution is 7.89. The van der Waals surface area contributed by atoms with Gasteiger partial charge in [0.2, 0.25) is 15.9 Å². The molecule has 31 heavy (non-hydrogen) atoms. The van der Waals surface area contributed by atoms with Crippen LogP contribution >= 0.6 is 0 Å². The molecule has 6 nitrogen and oxygen atoms in total. The van der Waals surface area contributed by atoms with Gasteiger partial charge >= 0.3 is 0 Å². The van der Waals surface area contributed by atoms with Crippen LogP contribution in [0.3, 0.4) is 0 Å². The third-order valence-corrected chi connectivity index (χ3v) is 8.05. The number of carbonyl (C=O) groups is 1. The normalized spacial score (nSPS) is 20.6. The fourth-order valence-electron chi connectivity index (χ4n) is 4.32. The first-order valence-corrected chi connectivity index (χ1v) is 12.1. The predicted molar refractivity (Wildman–Crippen MR) is 118 cm³/mol. The number of hydrogen-bond donors (Lipinski definition) is 0. The van der Waals surface area contributed by atoms with Crippen LogP contribution in [0.2, 0.25) is 0 Å². The highest BCUT2D eigenvalue weighted by Gasteiger charge is 2.35. The van der Waals surface area contributed by atoms with E-state index in [4.69, 9.17) is 0 Å². The Bertz CT molecular complexity index is 1020. The van der Waals surface area contributed by atoms with E-state index in [0.29, 0.717) is 45.6 Å². The molecule has 8 heteroatoms. The maximum atomic E-state index is 13.2. The van der Waals surface area contributed by atoms with Gasteiger partial charge in [0.25, 0.3) is 0 Å². The van der Waals surface area contributed by atoms with Crippen LogP contribution in [0.15, 0.2) is 53.4 Å². The van der Waals surface area contributed by atoms with Gasteiger partial charge in [-0.25, -0.2) is 12.8 Å². The molecule has 0 bridgehead atoms. The van der Waals surface area contributed by atoms with E-state index in [2.05, 4.69) is 4.90 Å². The Morgan fingerprint density at radius 2 is 1.58 bits per heavy atom. The SMILES string of the molecule is Cc1ccc(S(=O)(=O)N2CCCC(C(=O)N3CCN(c4ccc(F)cc4)CC3)C2)cc1. The van der Waals surface area contributed by atoms with Gasteiger partial charge in [0.05, 0.1) is 10.8 Å². The van der Waals surface area contributed by atoms with E-state index in [9.17, 15) is 17.6 Å². The van der Waals surface area contributed by atoms with E-state index >= 15 is 0 Å². The maximum absolute atomic E-state index is 13.2. The van der Waals surface area contributed by atoms with Crippen molar-refractivity contribution in [1.29, 1.82) is 0 Å². The molecule has 0 radical (unpaired) electrons. The van der Waals surface area contributed by atoms with Crippen molar-refractivity contribution in [2.75, 3.05) is 44.2 Å². The predicted octanol–water partition coefficient (Wildman–Crippen LogP) is 2.88. The number of hydrogen-bond acceptors (Lipinski definition) is 4. The zero-order chi connectivity index (χ0) is 22.0. The van der Waals surface area contributed by atoms with Crippen molar-refractivity contribution in [3.8, 4) is 0 Å². The molecule has 0 saturated carbocycles. The van der Waals surface area contributed by atoms with E-state index in [-0.39, 0.29) is 29.1 Å². The second-order valence-electron chi connectivity index (χ2n) is 8.30. The highest BCUT2D eigenvalue weighted by atomic mass is 32.2. The summed E-state index contributed by atoms with van der Waals surface area (Å²) in [6, 6.07) is 13.2. The highest BCUT2D eigenvalue weighted by Crippen LogP contribution is 2.26. The molecule has 2 aromatic rings. The number of piperazine rings is 1. The van der Waals surface area contributed by atoms with E-state index < -0.39 is 10.0 Å². The van der Waals surface area contributed by atoms with Gasteiger partial charge in [0.1, 0.15) is 5.82 Å². The fraction of sp³-hybridized carbons (Fsp3) is 0.435. The monoisotopic (exact) mass is 445 g/mol.